The molecule has 9 heteroatoms. The zero-order chi connectivity index (χ0) is 22.4. The molecule has 1 N–H and O–H groups in total. The van der Waals surface area contributed by atoms with Crippen LogP contribution in [0.2, 0.25) is 10.0 Å². The Bertz CT molecular complexity index is 947. The van der Waals surface area contributed by atoms with Crippen molar-refractivity contribution in [1.82, 2.24) is 10.2 Å². The van der Waals surface area contributed by atoms with E-state index in [1.165, 1.54) is 25.1 Å². The molecule has 1 fully saturated rings. The lowest BCUT2D eigenvalue weighted by Crippen LogP contribution is -2.52. The number of hydrogen-bond donors (Lipinski definition) is 1. The minimum absolute atomic E-state index is 0.177. The predicted molar refractivity (Wildman–Crippen MR) is 120 cm³/mol. The first-order valence-electron chi connectivity index (χ1n) is 9.86. The van der Waals surface area contributed by atoms with Crippen LogP contribution in [0.3, 0.4) is 0 Å². The van der Waals surface area contributed by atoms with Gasteiger partial charge < -0.3 is 19.9 Å². The molecule has 0 aromatic heterocycles. The quantitative estimate of drug-likeness (QED) is 0.666. The molecule has 2 aromatic rings. The van der Waals surface area contributed by atoms with E-state index in [1.807, 2.05) is 30.3 Å². The smallest absolute Gasteiger partial charge is 0.326 e. The van der Waals surface area contributed by atoms with E-state index in [-0.39, 0.29) is 23.0 Å². The summed E-state index contributed by atoms with van der Waals surface area (Å²) in [5, 5.41) is 3.01. The first-order valence-corrected chi connectivity index (χ1v) is 10.6. The summed E-state index contributed by atoms with van der Waals surface area (Å²) in [6, 6.07) is 14.4. The van der Waals surface area contributed by atoms with E-state index in [0.717, 1.165) is 5.69 Å². The summed E-state index contributed by atoms with van der Waals surface area (Å²) in [4.78, 5) is 40.8. The molecule has 1 heterocycles. The highest BCUT2D eigenvalue weighted by atomic mass is 35.5. The maximum Gasteiger partial charge on any atom is 0.326 e. The van der Waals surface area contributed by atoms with Gasteiger partial charge in [-0.05, 0) is 37.3 Å². The molecule has 0 spiro atoms. The van der Waals surface area contributed by atoms with E-state index < -0.39 is 18.0 Å². The number of amides is 2. The zero-order valence-corrected chi connectivity index (χ0v) is 18.5. The van der Waals surface area contributed by atoms with Gasteiger partial charge in [0.25, 0.3) is 11.8 Å². The molecule has 3 rings (SSSR count). The number of para-hydroxylation sites is 1. The molecule has 1 aliphatic heterocycles. The van der Waals surface area contributed by atoms with Crippen molar-refractivity contribution in [3.8, 4) is 0 Å². The molecule has 1 aliphatic rings. The summed E-state index contributed by atoms with van der Waals surface area (Å²) in [5.41, 5.74) is 1.31. The van der Waals surface area contributed by atoms with Gasteiger partial charge in [0.1, 0.15) is 6.54 Å². The molecular formula is C22H23Cl2N3O4. The highest BCUT2D eigenvalue weighted by molar-refractivity contribution is 6.36. The zero-order valence-electron chi connectivity index (χ0n) is 17.0. The lowest BCUT2D eigenvalue weighted by molar-refractivity contribution is -0.158. The van der Waals surface area contributed by atoms with Gasteiger partial charge in [0.15, 0.2) is 6.10 Å². The van der Waals surface area contributed by atoms with Gasteiger partial charge in [-0.3, -0.25) is 14.4 Å². The average molecular weight is 464 g/mol. The molecule has 1 unspecified atom stereocenters. The molecule has 164 valence electrons. The second-order valence-electron chi connectivity index (χ2n) is 7.09. The number of carbonyl (C=O) groups excluding carboxylic acids is 3. The summed E-state index contributed by atoms with van der Waals surface area (Å²) in [6.45, 7) is 3.64. The fraction of sp³-hybridized carbons (Fsp3) is 0.318. The van der Waals surface area contributed by atoms with Crippen LogP contribution in [0.15, 0.2) is 48.5 Å². The second kappa shape index (κ2) is 10.5. The van der Waals surface area contributed by atoms with Gasteiger partial charge in [-0.2, -0.15) is 0 Å². The fourth-order valence-electron chi connectivity index (χ4n) is 3.29. The third-order valence-electron chi connectivity index (χ3n) is 4.94. The Balaban J connectivity index is 1.44. The molecule has 0 radical (unpaired) electrons. The Labute approximate surface area is 190 Å². The third kappa shape index (κ3) is 6.12. The van der Waals surface area contributed by atoms with Gasteiger partial charge in [0.05, 0.1) is 10.6 Å². The van der Waals surface area contributed by atoms with Crippen molar-refractivity contribution in [2.24, 2.45) is 0 Å². The van der Waals surface area contributed by atoms with Gasteiger partial charge in [-0.25, -0.2) is 0 Å². The Morgan fingerprint density at radius 1 is 1.03 bits per heavy atom. The van der Waals surface area contributed by atoms with Crippen molar-refractivity contribution in [1.29, 1.82) is 0 Å². The van der Waals surface area contributed by atoms with Crippen molar-refractivity contribution in [3.05, 3.63) is 64.1 Å². The number of nitrogens with zero attached hydrogens (tertiary/aromatic N) is 2. The van der Waals surface area contributed by atoms with E-state index in [0.29, 0.717) is 31.2 Å². The Morgan fingerprint density at radius 3 is 2.35 bits per heavy atom. The van der Waals surface area contributed by atoms with E-state index in [4.69, 9.17) is 27.9 Å². The maximum atomic E-state index is 12.6. The summed E-state index contributed by atoms with van der Waals surface area (Å²) < 4.78 is 5.20. The molecule has 0 bridgehead atoms. The molecule has 0 saturated carbocycles. The number of benzene rings is 2. The Hall–Kier alpha value is -2.77. The summed E-state index contributed by atoms with van der Waals surface area (Å²) >= 11 is 11.8. The van der Waals surface area contributed by atoms with Crippen LogP contribution in [-0.4, -0.2) is 61.5 Å². The molecule has 31 heavy (non-hydrogen) atoms. The highest BCUT2D eigenvalue weighted by Crippen LogP contribution is 2.21. The number of carbonyl (C=O) groups is 3. The van der Waals surface area contributed by atoms with Crippen LogP contribution in [-0.2, 0) is 14.3 Å². The van der Waals surface area contributed by atoms with E-state index in [2.05, 4.69) is 10.2 Å². The second-order valence-corrected chi connectivity index (χ2v) is 7.93. The van der Waals surface area contributed by atoms with Gasteiger partial charge in [0.2, 0.25) is 0 Å². The van der Waals surface area contributed by atoms with Gasteiger partial charge in [0, 0.05) is 36.9 Å². The lowest BCUT2D eigenvalue weighted by Gasteiger charge is -2.37. The standard InChI is InChI=1S/C22H23Cl2N3O4/c1-15(22(30)27-11-9-26(10-12-27)17-5-3-2-4-6-17)31-20(28)14-25-21(29)18-8-7-16(23)13-19(18)24/h2-8,13,15H,9-12,14H2,1H3,(H,25,29). The topological polar surface area (TPSA) is 78.9 Å². The van der Waals surface area contributed by atoms with Crippen molar-refractivity contribution in [2.45, 2.75) is 13.0 Å². The normalized spacial score (nSPS) is 14.7. The predicted octanol–water partition coefficient (Wildman–Crippen LogP) is 3.00. The van der Waals surface area contributed by atoms with E-state index >= 15 is 0 Å². The van der Waals surface area contributed by atoms with Crippen molar-refractivity contribution < 1.29 is 19.1 Å². The van der Waals surface area contributed by atoms with E-state index in [9.17, 15) is 14.4 Å². The van der Waals surface area contributed by atoms with Crippen LogP contribution >= 0.6 is 23.2 Å². The SMILES string of the molecule is CC(OC(=O)CNC(=O)c1ccc(Cl)cc1Cl)C(=O)N1CCN(c2ccccc2)CC1. The van der Waals surface area contributed by atoms with Crippen molar-refractivity contribution in [2.75, 3.05) is 37.6 Å². The molecule has 1 saturated heterocycles. The summed E-state index contributed by atoms with van der Waals surface area (Å²) in [5.74, 6) is -1.50. The van der Waals surface area contributed by atoms with Crippen LogP contribution < -0.4 is 10.2 Å². The molecule has 1 atom stereocenters. The molecule has 7 nitrogen and oxygen atoms in total. The fourth-order valence-corrected chi connectivity index (χ4v) is 3.79. The molecule has 2 amide bonds. The number of hydrogen-bond acceptors (Lipinski definition) is 5. The Kier molecular flexibility index (Phi) is 7.76. The number of piperazine rings is 1. The van der Waals surface area contributed by atoms with Crippen molar-refractivity contribution >= 4 is 46.7 Å². The summed E-state index contributed by atoms with van der Waals surface area (Å²) in [7, 11) is 0. The van der Waals surface area contributed by atoms with Crippen LogP contribution in [0, 0.1) is 0 Å². The first-order chi connectivity index (χ1) is 14.8. The number of nitrogens with one attached hydrogen (secondary N) is 1. The maximum absolute atomic E-state index is 12.6. The number of rotatable bonds is 6. The minimum Gasteiger partial charge on any atom is -0.451 e. The van der Waals surface area contributed by atoms with E-state index in [1.54, 1.807) is 4.90 Å². The van der Waals surface area contributed by atoms with Crippen molar-refractivity contribution in [3.63, 3.8) is 0 Å². The average Bonchev–Trinajstić information content (AvgIpc) is 2.77. The van der Waals surface area contributed by atoms with Crippen LogP contribution in [0.1, 0.15) is 17.3 Å². The van der Waals surface area contributed by atoms with Gasteiger partial charge >= 0.3 is 5.97 Å². The summed E-state index contributed by atoms with van der Waals surface area (Å²) in [6.07, 6.45) is -0.938. The van der Waals surface area contributed by atoms with Crippen LogP contribution in [0.5, 0.6) is 0 Å². The molecular weight excluding hydrogens is 441 g/mol. The van der Waals surface area contributed by atoms with Crippen LogP contribution in [0.25, 0.3) is 0 Å². The van der Waals surface area contributed by atoms with Crippen LogP contribution in [0.4, 0.5) is 5.69 Å². The number of halogens is 2. The third-order valence-corrected chi connectivity index (χ3v) is 5.49. The molecule has 2 aromatic carbocycles. The lowest BCUT2D eigenvalue weighted by atomic mass is 10.2. The largest absolute Gasteiger partial charge is 0.451 e. The monoisotopic (exact) mass is 463 g/mol. The minimum atomic E-state index is -0.938. The highest BCUT2D eigenvalue weighted by Gasteiger charge is 2.27. The first kappa shape index (κ1) is 22.9. The number of anilines is 1. The number of ether oxygens (including phenoxy) is 1. The van der Waals surface area contributed by atoms with Gasteiger partial charge in [-0.1, -0.05) is 41.4 Å². The Morgan fingerprint density at radius 2 is 1.71 bits per heavy atom. The molecule has 0 aliphatic carbocycles. The number of esters is 1. The van der Waals surface area contributed by atoms with Gasteiger partial charge in [-0.15, -0.1) is 0 Å².